The third kappa shape index (κ3) is 3.18. The maximum atomic E-state index is 12.4. The van der Waals surface area contributed by atoms with Crippen molar-refractivity contribution in [2.24, 2.45) is 0 Å². The van der Waals surface area contributed by atoms with Crippen LogP contribution in [0.5, 0.6) is 11.6 Å². The van der Waals surface area contributed by atoms with Crippen LogP contribution in [-0.4, -0.2) is 37.8 Å². The van der Waals surface area contributed by atoms with Crippen molar-refractivity contribution >= 4 is 21.4 Å². The van der Waals surface area contributed by atoms with E-state index in [0.717, 1.165) is 0 Å². The van der Waals surface area contributed by atoms with Gasteiger partial charge < -0.3 is 14.8 Å². The summed E-state index contributed by atoms with van der Waals surface area (Å²) in [5.41, 5.74) is 0.365. The first-order valence-electron chi connectivity index (χ1n) is 7.38. The fourth-order valence-corrected chi connectivity index (χ4v) is 3.87. The highest BCUT2D eigenvalue weighted by atomic mass is 32.2. The summed E-state index contributed by atoms with van der Waals surface area (Å²) < 4.78 is 35.5. The van der Waals surface area contributed by atoms with Gasteiger partial charge in [-0.25, -0.2) is 13.4 Å². The first-order valence-corrected chi connectivity index (χ1v) is 9.03. The van der Waals surface area contributed by atoms with E-state index in [1.165, 1.54) is 12.1 Å². The van der Waals surface area contributed by atoms with Crippen LogP contribution in [0, 0.1) is 0 Å². The monoisotopic (exact) mass is 348 g/mol. The number of hydrogen-bond donors (Lipinski definition) is 1. The summed E-state index contributed by atoms with van der Waals surface area (Å²) in [6.07, 6.45) is 0.401. The Labute approximate surface area is 139 Å². The minimum Gasteiger partial charge on any atom is -0.478 e. The number of anilines is 1. The Morgan fingerprint density at radius 2 is 2.12 bits per heavy atom. The SMILES string of the molecule is CCOc1ncccc1NC(=O)[C@H]1CS(=O)(=O)c2ccccc2O1. The number of hydrogen-bond acceptors (Lipinski definition) is 6. The van der Waals surface area contributed by atoms with Gasteiger partial charge in [-0.15, -0.1) is 0 Å². The Morgan fingerprint density at radius 1 is 1.33 bits per heavy atom. The lowest BCUT2D eigenvalue weighted by atomic mass is 10.3. The molecule has 2 heterocycles. The Morgan fingerprint density at radius 3 is 2.92 bits per heavy atom. The minimum atomic E-state index is -3.58. The summed E-state index contributed by atoms with van der Waals surface area (Å²) >= 11 is 0. The van der Waals surface area contributed by atoms with Crippen molar-refractivity contribution in [3.63, 3.8) is 0 Å². The van der Waals surface area contributed by atoms with E-state index in [9.17, 15) is 13.2 Å². The zero-order valence-corrected chi connectivity index (χ0v) is 13.7. The molecule has 2 aromatic rings. The molecule has 0 spiro atoms. The molecule has 1 amide bonds. The van der Waals surface area contributed by atoms with Crippen molar-refractivity contribution in [2.75, 3.05) is 17.7 Å². The molecule has 0 radical (unpaired) electrons. The van der Waals surface area contributed by atoms with E-state index in [0.29, 0.717) is 12.3 Å². The van der Waals surface area contributed by atoms with Crippen LogP contribution in [0.15, 0.2) is 47.5 Å². The normalized spacial score (nSPS) is 18.1. The number of nitrogens with one attached hydrogen (secondary N) is 1. The fourth-order valence-electron chi connectivity index (χ4n) is 2.36. The first kappa shape index (κ1) is 16.3. The van der Waals surface area contributed by atoms with E-state index in [1.807, 2.05) is 0 Å². The van der Waals surface area contributed by atoms with Gasteiger partial charge in [0.05, 0.1) is 6.61 Å². The Bertz CT molecular complexity index is 866. The molecule has 1 aliphatic rings. The fraction of sp³-hybridized carbons (Fsp3) is 0.250. The lowest BCUT2D eigenvalue weighted by molar-refractivity contribution is -0.122. The van der Waals surface area contributed by atoms with Gasteiger partial charge in [-0.05, 0) is 31.2 Å². The van der Waals surface area contributed by atoms with E-state index >= 15 is 0 Å². The standard InChI is InChI=1S/C16H16N2O5S/c1-2-22-16-11(6-5-9-17-16)18-15(19)13-10-24(20,21)14-8-4-3-7-12(14)23-13/h3-9,13H,2,10H2,1H3,(H,18,19)/t13-/m1/s1. The topological polar surface area (TPSA) is 94.6 Å². The maximum Gasteiger partial charge on any atom is 0.266 e. The van der Waals surface area contributed by atoms with E-state index in [1.54, 1.807) is 37.4 Å². The van der Waals surface area contributed by atoms with Gasteiger partial charge in [-0.3, -0.25) is 4.79 Å². The van der Waals surface area contributed by atoms with Crippen molar-refractivity contribution in [1.29, 1.82) is 0 Å². The molecule has 1 N–H and O–H groups in total. The number of fused-ring (bicyclic) bond motifs is 1. The van der Waals surface area contributed by atoms with Crippen LogP contribution in [-0.2, 0) is 14.6 Å². The Kier molecular flexibility index (Phi) is 4.39. The molecule has 0 fully saturated rings. The zero-order chi connectivity index (χ0) is 17.2. The lowest BCUT2D eigenvalue weighted by Crippen LogP contribution is -2.41. The summed E-state index contributed by atoms with van der Waals surface area (Å²) in [6, 6.07) is 9.54. The van der Waals surface area contributed by atoms with E-state index < -0.39 is 27.6 Å². The molecule has 0 saturated heterocycles. The van der Waals surface area contributed by atoms with Gasteiger partial charge in [-0.2, -0.15) is 0 Å². The van der Waals surface area contributed by atoms with Crippen LogP contribution in [0.2, 0.25) is 0 Å². The number of nitrogens with zero attached hydrogens (tertiary/aromatic N) is 1. The molecular weight excluding hydrogens is 332 g/mol. The number of amides is 1. The molecule has 1 aromatic heterocycles. The zero-order valence-electron chi connectivity index (χ0n) is 12.9. The number of rotatable bonds is 4. The molecule has 0 bridgehead atoms. The maximum absolute atomic E-state index is 12.4. The highest BCUT2D eigenvalue weighted by Crippen LogP contribution is 2.31. The summed E-state index contributed by atoms with van der Waals surface area (Å²) in [4.78, 5) is 16.6. The van der Waals surface area contributed by atoms with Gasteiger partial charge in [0.1, 0.15) is 22.1 Å². The second-order valence-corrected chi connectivity index (χ2v) is 7.12. The number of para-hydroxylation sites is 1. The van der Waals surface area contributed by atoms with Crippen LogP contribution >= 0.6 is 0 Å². The Hall–Kier alpha value is -2.61. The summed E-state index contributed by atoms with van der Waals surface area (Å²) in [6.45, 7) is 2.19. The van der Waals surface area contributed by atoms with E-state index in [2.05, 4.69) is 10.3 Å². The summed E-state index contributed by atoms with van der Waals surface area (Å²) in [5, 5.41) is 2.62. The van der Waals surface area contributed by atoms with Crippen LogP contribution < -0.4 is 14.8 Å². The third-order valence-corrected chi connectivity index (χ3v) is 5.18. The van der Waals surface area contributed by atoms with Crippen LogP contribution in [0.3, 0.4) is 0 Å². The van der Waals surface area contributed by atoms with Crippen LogP contribution in [0.4, 0.5) is 5.69 Å². The minimum absolute atomic E-state index is 0.102. The number of carbonyl (C=O) groups is 1. The van der Waals surface area contributed by atoms with Crippen LogP contribution in [0.1, 0.15) is 6.92 Å². The summed E-state index contributed by atoms with van der Waals surface area (Å²) in [7, 11) is -3.58. The van der Waals surface area contributed by atoms with Crippen molar-refractivity contribution in [1.82, 2.24) is 4.98 Å². The molecule has 24 heavy (non-hydrogen) atoms. The largest absolute Gasteiger partial charge is 0.478 e. The number of ether oxygens (including phenoxy) is 2. The van der Waals surface area contributed by atoms with Crippen molar-refractivity contribution in [2.45, 2.75) is 17.9 Å². The average molecular weight is 348 g/mol. The van der Waals surface area contributed by atoms with Crippen molar-refractivity contribution in [3.8, 4) is 11.6 Å². The molecule has 1 aliphatic heterocycles. The summed E-state index contributed by atoms with van der Waals surface area (Å²) in [5.74, 6) is -0.533. The molecule has 126 valence electrons. The van der Waals surface area contributed by atoms with Gasteiger partial charge in [-0.1, -0.05) is 12.1 Å². The van der Waals surface area contributed by atoms with Gasteiger partial charge in [0.25, 0.3) is 5.91 Å². The molecule has 0 saturated carbocycles. The molecule has 0 unspecified atom stereocenters. The smallest absolute Gasteiger partial charge is 0.266 e. The molecule has 0 aliphatic carbocycles. The molecular formula is C16H16N2O5S. The number of aromatic nitrogens is 1. The number of carbonyl (C=O) groups excluding carboxylic acids is 1. The Balaban J connectivity index is 1.83. The molecule has 1 aromatic carbocycles. The predicted molar refractivity (Wildman–Crippen MR) is 86.9 cm³/mol. The highest BCUT2D eigenvalue weighted by molar-refractivity contribution is 7.91. The number of benzene rings is 1. The lowest BCUT2D eigenvalue weighted by Gasteiger charge is -2.25. The number of pyridine rings is 1. The first-order chi connectivity index (χ1) is 11.5. The third-order valence-electron chi connectivity index (χ3n) is 3.43. The van der Waals surface area contributed by atoms with Crippen molar-refractivity contribution < 1.29 is 22.7 Å². The van der Waals surface area contributed by atoms with Gasteiger partial charge >= 0.3 is 0 Å². The predicted octanol–water partition coefficient (Wildman–Crippen LogP) is 1.65. The molecule has 3 rings (SSSR count). The quantitative estimate of drug-likeness (QED) is 0.903. The van der Waals surface area contributed by atoms with Gasteiger partial charge in [0.2, 0.25) is 5.88 Å². The second kappa shape index (κ2) is 6.48. The van der Waals surface area contributed by atoms with E-state index in [-0.39, 0.29) is 16.5 Å². The van der Waals surface area contributed by atoms with Gasteiger partial charge in [0, 0.05) is 6.20 Å². The molecule has 7 nitrogen and oxygen atoms in total. The van der Waals surface area contributed by atoms with Crippen LogP contribution in [0.25, 0.3) is 0 Å². The molecule has 1 atom stereocenters. The number of sulfone groups is 1. The highest BCUT2D eigenvalue weighted by Gasteiger charge is 2.36. The molecule has 8 heteroatoms. The van der Waals surface area contributed by atoms with Crippen molar-refractivity contribution in [3.05, 3.63) is 42.6 Å². The van der Waals surface area contributed by atoms with Gasteiger partial charge in [0.15, 0.2) is 15.9 Å². The van der Waals surface area contributed by atoms with E-state index in [4.69, 9.17) is 9.47 Å². The second-order valence-electron chi connectivity index (χ2n) is 5.11. The average Bonchev–Trinajstić information content (AvgIpc) is 2.56.